The van der Waals surface area contributed by atoms with E-state index in [1.54, 1.807) is 29.2 Å². The highest BCUT2D eigenvalue weighted by molar-refractivity contribution is 6.30. The number of hydrogen-bond acceptors (Lipinski definition) is 5. The Morgan fingerprint density at radius 2 is 2.17 bits per heavy atom. The average Bonchev–Trinajstić information content (AvgIpc) is 3.06. The van der Waals surface area contributed by atoms with Crippen LogP contribution >= 0.6 is 11.6 Å². The molecule has 0 spiro atoms. The van der Waals surface area contributed by atoms with Crippen molar-refractivity contribution in [3.63, 3.8) is 0 Å². The van der Waals surface area contributed by atoms with Crippen molar-refractivity contribution in [2.24, 2.45) is 0 Å². The van der Waals surface area contributed by atoms with Gasteiger partial charge in [0.25, 0.3) is 5.91 Å². The summed E-state index contributed by atoms with van der Waals surface area (Å²) in [5, 5.41) is 18.1. The molecular formula is C15H17ClN4O3. The fraction of sp³-hybridized carbons (Fsp3) is 0.400. The van der Waals surface area contributed by atoms with E-state index < -0.39 is 0 Å². The zero-order valence-corrected chi connectivity index (χ0v) is 13.2. The summed E-state index contributed by atoms with van der Waals surface area (Å²) in [4.78, 5) is 15.7. The molecule has 1 unspecified atom stereocenters. The number of amides is 1. The average molecular weight is 337 g/mol. The van der Waals surface area contributed by atoms with Gasteiger partial charge in [0.05, 0.1) is 31.1 Å². The number of nitrogens with zero attached hydrogens (tertiary/aromatic N) is 4. The van der Waals surface area contributed by atoms with E-state index in [4.69, 9.17) is 21.4 Å². The van der Waals surface area contributed by atoms with Crippen molar-refractivity contribution in [2.45, 2.75) is 12.5 Å². The van der Waals surface area contributed by atoms with Gasteiger partial charge in [-0.05, 0) is 30.7 Å². The lowest BCUT2D eigenvalue weighted by Crippen LogP contribution is -2.49. The van der Waals surface area contributed by atoms with E-state index in [1.807, 2.05) is 0 Å². The third kappa shape index (κ3) is 3.52. The number of rotatable bonds is 4. The van der Waals surface area contributed by atoms with Crippen molar-refractivity contribution in [1.29, 1.82) is 0 Å². The first-order valence-electron chi connectivity index (χ1n) is 7.37. The van der Waals surface area contributed by atoms with Gasteiger partial charge in [-0.25, -0.2) is 0 Å². The number of carbonyl (C=O) groups is 1. The van der Waals surface area contributed by atoms with Gasteiger partial charge in [-0.1, -0.05) is 11.6 Å². The van der Waals surface area contributed by atoms with Gasteiger partial charge in [0, 0.05) is 18.2 Å². The fourth-order valence-corrected chi connectivity index (χ4v) is 2.64. The lowest BCUT2D eigenvalue weighted by molar-refractivity contribution is -0.00860. The Balaban J connectivity index is 1.78. The van der Waals surface area contributed by atoms with Crippen molar-refractivity contribution >= 4 is 17.5 Å². The summed E-state index contributed by atoms with van der Waals surface area (Å²) < 4.78 is 5.38. The number of aliphatic hydroxyl groups is 1. The normalized spacial score (nSPS) is 18.2. The van der Waals surface area contributed by atoms with Crippen LogP contribution in [0, 0.1) is 0 Å². The molecule has 8 heteroatoms. The molecule has 0 radical (unpaired) electrons. The van der Waals surface area contributed by atoms with Crippen LogP contribution in [-0.2, 0) is 4.74 Å². The fourth-order valence-electron chi connectivity index (χ4n) is 2.52. The summed E-state index contributed by atoms with van der Waals surface area (Å²) in [6.07, 6.45) is 1.93. The van der Waals surface area contributed by atoms with Crippen LogP contribution in [-0.4, -0.2) is 63.3 Å². The second-order valence-corrected chi connectivity index (χ2v) is 5.67. The predicted octanol–water partition coefficient (Wildman–Crippen LogP) is 1.14. The van der Waals surface area contributed by atoms with Crippen LogP contribution in [0.5, 0.6) is 0 Å². The minimum Gasteiger partial charge on any atom is -0.396 e. The number of halogens is 1. The van der Waals surface area contributed by atoms with E-state index in [1.165, 1.54) is 11.0 Å². The Bertz CT molecular complexity index is 672. The number of carbonyl (C=O) groups excluding carboxylic acids is 1. The Kier molecular flexibility index (Phi) is 4.90. The van der Waals surface area contributed by atoms with Gasteiger partial charge in [-0.3, -0.25) is 4.79 Å². The maximum atomic E-state index is 12.6. The SMILES string of the molecule is O=C(c1cnn(-c2ccc(Cl)cc2)n1)N1CCOCC1CCO. The molecule has 1 aromatic carbocycles. The molecule has 1 atom stereocenters. The van der Waals surface area contributed by atoms with Crippen molar-refractivity contribution in [1.82, 2.24) is 19.9 Å². The standard InChI is InChI=1S/C15H17ClN4O3/c16-11-1-3-12(4-2-11)20-17-9-14(18-20)15(22)19-6-8-23-10-13(19)5-7-21/h1-4,9,13,21H,5-8,10H2. The van der Waals surface area contributed by atoms with Gasteiger partial charge in [-0.15, -0.1) is 5.10 Å². The molecule has 1 aliphatic rings. The highest BCUT2D eigenvalue weighted by Gasteiger charge is 2.29. The zero-order valence-electron chi connectivity index (χ0n) is 12.4. The number of aliphatic hydroxyl groups excluding tert-OH is 1. The predicted molar refractivity (Wildman–Crippen MR) is 83.7 cm³/mol. The highest BCUT2D eigenvalue weighted by atomic mass is 35.5. The molecule has 1 fully saturated rings. The number of benzene rings is 1. The second-order valence-electron chi connectivity index (χ2n) is 5.24. The van der Waals surface area contributed by atoms with Crippen LogP contribution in [0.3, 0.4) is 0 Å². The van der Waals surface area contributed by atoms with Crippen LogP contribution in [0.2, 0.25) is 5.02 Å². The van der Waals surface area contributed by atoms with Crippen molar-refractivity contribution in [3.8, 4) is 5.69 Å². The molecule has 0 aliphatic carbocycles. The van der Waals surface area contributed by atoms with E-state index in [0.29, 0.717) is 31.2 Å². The zero-order chi connectivity index (χ0) is 16.2. The summed E-state index contributed by atoms with van der Waals surface area (Å²) in [7, 11) is 0. The maximum Gasteiger partial charge on any atom is 0.276 e. The Hall–Kier alpha value is -1.96. The summed E-state index contributed by atoms with van der Waals surface area (Å²) in [6.45, 7) is 1.41. The Morgan fingerprint density at radius 1 is 1.39 bits per heavy atom. The highest BCUT2D eigenvalue weighted by Crippen LogP contribution is 2.15. The molecule has 23 heavy (non-hydrogen) atoms. The molecule has 0 saturated carbocycles. The van der Waals surface area contributed by atoms with Crippen molar-refractivity contribution in [2.75, 3.05) is 26.4 Å². The first-order valence-corrected chi connectivity index (χ1v) is 7.74. The van der Waals surface area contributed by atoms with E-state index >= 15 is 0 Å². The van der Waals surface area contributed by atoms with Gasteiger partial charge < -0.3 is 14.7 Å². The Morgan fingerprint density at radius 3 is 2.91 bits per heavy atom. The molecule has 2 heterocycles. The quantitative estimate of drug-likeness (QED) is 0.905. The lowest BCUT2D eigenvalue weighted by atomic mass is 10.1. The first kappa shape index (κ1) is 15.9. The minimum atomic E-state index is -0.202. The molecule has 1 aliphatic heterocycles. The number of ether oxygens (including phenoxy) is 1. The molecular weight excluding hydrogens is 320 g/mol. The molecule has 1 saturated heterocycles. The van der Waals surface area contributed by atoms with Crippen LogP contribution < -0.4 is 0 Å². The molecule has 0 bridgehead atoms. The third-order valence-corrected chi connectivity index (χ3v) is 3.97. The van der Waals surface area contributed by atoms with E-state index in [2.05, 4.69) is 10.2 Å². The van der Waals surface area contributed by atoms with E-state index in [-0.39, 0.29) is 24.2 Å². The van der Waals surface area contributed by atoms with Crippen LogP contribution in [0.15, 0.2) is 30.5 Å². The minimum absolute atomic E-state index is 0.00920. The summed E-state index contributed by atoms with van der Waals surface area (Å²) in [6, 6.07) is 6.89. The largest absolute Gasteiger partial charge is 0.396 e. The third-order valence-electron chi connectivity index (χ3n) is 3.72. The van der Waals surface area contributed by atoms with Crippen LogP contribution in [0.4, 0.5) is 0 Å². The number of aromatic nitrogens is 3. The smallest absolute Gasteiger partial charge is 0.276 e. The topological polar surface area (TPSA) is 80.5 Å². The van der Waals surface area contributed by atoms with Crippen molar-refractivity contribution < 1.29 is 14.6 Å². The second kappa shape index (κ2) is 7.08. The van der Waals surface area contributed by atoms with Crippen molar-refractivity contribution in [3.05, 3.63) is 41.2 Å². The summed E-state index contributed by atoms with van der Waals surface area (Å²) in [5.74, 6) is -0.202. The molecule has 122 valence electrons. The van der Waals surface area contributed by atoms with Crippen LogP contribution in [0.1, 0.15) is 16.9 Å². The number of hydrogen-bond donors (Lipinski definition) is 1. The molecule has 1 amide bonds. The molecule has 1 aromatic heterocycles. The molecule has 1 N–H and O–H groups in total. The Labute approximate surface area is 138 Å². The molecule has 7 nitrogen and oxygen atoms in total. The maximum absolute atomic E-state index is 12.6. The number of morpholine rings is 1. The van der Waals surface area contributed by atoms with E-state index in [0.717, 1.165) is 5.69 Å². The van der Waals surface area contributed by atoms with Gasteiger partial charge in [0.2, 0.25) is 0 Å². The van der Waals surface area contributed by atoms with Gasteiger partial charge >= 0.3 is 0 Å². The molecule has 3 rings (SSSR count). The monoisotopic (exact) mass is 336 g/mol. The van der Waals surface area contributed by atoms with Gasteiger partial charge in [-0.2, -0.15) is 9.90 Å². The van der Waals surface area contributed by atoms with Crippen LogP contribution in [0.25, 0.3) is 5.69 Å². The van der Waals surface area contributed by atoms with Gasteiger partial charge in [0.1, 0.15) is 0 Å². The van der Waals surface area contributed by atoms with Gasteiger partial charge in [0.15, 0.2) is 5.69 Å². The molecule has 2 aromatic rings. The summed E-state index contributed by atoms with van der Waals surface area (Å²) >= 11 is 5.86. The first-order chi connectivity index (χ1) is 11.2. The summed E-state index contributed by atoms with van der Waals surface area (Å²) in [5.41, 5.74) is 0.993. The lowest BCUT2D eigenvalue weighted by Gasteiger charge is -2.34. The van der Waals surface area contributed by atoms with E-state index in [9.17, 15) is 4.79 Å².